The lowest BCUT2D eigenvalue weighted by molar-refractivity contribution is -0.914. The number of halogens is 1. The van der Waals surface area contributed by atoms with Gasteiger partial charge in [-0.2, -0.15) is 0 Å². The van der Waals surface area contributed by atoms with Crippen LogP contribution in [0.15, 0.2) is 0 Å². The Labute approximate surface area is 99.5 Å². The number of hydrogen-bond acceptors (Lipinski definition) is 2. The molecule has 1 rings (SSSR count). The minimum absolute atomic E-state index is 0.0887. The van der Waals surface area contributed by atoms with Gasteiger partial charge in [0.25, 0.3) is 0 Å². The number of rotatable bonds is 4. The molecule has 14 heavy (non-hydrogen) atoms. The Kier molecular flexibility index (Phi) is 5.15. The van der Waals surface area contributed by atoms with Gasteiger partial charge in [0.1, 0.15) is 13.2 Å². The molecule has 0 aromatic rings. The molecule has 1 saturated heterocycles. The highest BCUT2D eigenvalue weighted by molar-refractivity contribution is 14.1. The van der Waals surface area contributed by atoms with Crippen LogP contribution in [0.3, 0.4) is 0 Å². The van der Waals surface area contributed by atoms with Crippen molar-refractivity contribution in [1.29, 1.82) is 0 Å². The van der Waals surface area contributed by atoms with Crippen molar-refractivity contribution in [2.75, 3.05) is 37.7 Å². The Bertz CT molecular complexity index is 191. The third-order valence-corrected chi connectivity index (χ3v) is 3.52. The average Bonchev–Trinajstić information content (AvgIpc) is 2.18. The number of quaternary nitrogens is 1. The van der Waals surface area contributed by atoms with Gasteiger partial charge in [-0.05, 0) is 19.3 Å². The van der Waals surface area contributed by atoms with Crippen molar-refractivity contribution in [2.24, 2.45) is 0 Å². The van der Waals surface area contributed by atoms with Gasteiger partial charge in [0.2, 0.25) is 0 Å². The predicted molar refractivity (Wildman–Crippen MR) is 64.5 cm³/mol. The first-order chi connectivity index (χ1) is 6.66. The standard InChI is InChI=1S/C10H19INO2/c1-12(5-3-2-4-6-12)7-8-14-10(13)9-11/h2-9H2,1H3/q+1. The summed E-state index contributed by atoms with van der Waals surface area (Å²) in [5.74, 6) is -0.0887. The summed E-state index contributed by atoms with van der Waals surface area (Å²) in [6.07, 6.45) is 3.99. The number of likely N-dealkylation sites (N-methyl/N-ethyl adjacent to an activating group) is 1. The molecule has 1 aliphatic heterocycles. The van der Waals surface area contributed by atoms with Crippen LogP contribution >= 0.6 is 22.6 Å². The van der Waals surface area contributed by atoms with Gasteiger partial charge in [-0.1, -0.05) is 22.6 Å². The number of piperidine rings is 1. The van der Waals surface area contributed by atoms with Gasteiger partial charge < -0.3 is 9.22 Å². The van der Waals surface area contributed by atoms with Crippen LogP contribution in [-0.4, -0.2) is 48.2 Å². The number of carbonyl (C=O) groups excluding carboxylic acids is 1. The Morgan fingerprint density at radius 1 is 1.36 bits per heavy atom. The van der Waals surface area contributed by atoms with E-state index >= 15 is 0 Å². The van der Waals surface area contributed by atoms with Crippen LogP contribution in [0.4, 0.5) is 0 Å². The van der Waals surface area contributed by atoms with E-state index in [4.69, 9.17) is 4.74 Å². The molecule has 0 spiro atoms. The van der Waals surface area contributed by atoms with Crippen LogP contribution < -0.4 is 0 Å². The molecule has 0 amide bonds. The molecule has 0 unspecified atom stereocenters. The van der Waals surface area contributed by atoms with Crippen molar-refractivity contribution >= 4 is 28.6 Å². The van der Waals surface area contributed by atoms with Crippen LogP contribution in [-0.2, 0) is 9.53 Å². The fourth-order valence-corrected chi connectivity index (χ4v) is 2.14. The van der Waals surface area contributed by atoms with E-state index in [0.717, 1.165) is 11.0 Å². The van der Waals surface area contributed by atoms with E-state index in [1.807, 2.05) is 22.6 Å². The zero-order valence-electron chi connectivity index (χ0n) is 8.80. The minimum atomic E-state index is -0.0887. The normalized spacial score (nSPS) is 20.4. The summed E-state index contributed by atoms with van der Waals surface area (Å²) in [5, 5.41) is 0. The number of hydrogen-bond donors (Lipinski definition) is 0. The van der Waals surface area contributed by atoms with Gasteiger partial charge in [-0.25, -0.2) is 0 Å². The molecule has 0 bridgehead atoms. The Balaban J connectivity index is 2.18. The van der Waals surface area contributed by atoms with Crippen molar-refractivity contribution in [3.63, 3.8) is 0 Å². The molecule has 1 aliphatic rings. The number of esters is 1. The van der Waals surface area contributed by atoms with Crippen molar-refractivity contribution in [1.82, 2.24) is 0 Å². The largest absolute Gasteiger partial charge is 0.459 e. The fraction of sp³-hybridized carbons (Fsp3) is 0.900. The molecule has 3 nitrogen and oxygen atoms in total. The molecule has 0 saturated carbocycles. The summed E-state index contributed by atoms with van der Waals surface area (Å²) < 4.78 is 6.63. The first-order valence-electron chi connectivity index (χ1n) is 5.21. The number of ether oxygens (including phenoxy) is 1. The maximum atomic E-state index is 10.9. The summed E-state index contributed by atoms with van der Waals surface area (Å²) in [6.45, 7) is 4.03. The summed E-state index contributed by atoms with van der Waals surface area (Å²) in [7, 11) is 2.26. The monoisotopic (exact) mass is 312 g/mol. The highest BCUT2D eigenvalue weighted by Crippen LogP contribution is 2.15. The quantitative estimate of drug-likeness (QED) is 0.341. The van der Waals surface area contributed by atoms with Crippen molar-refractivity contribution in [2.45, 2.75) is 19.3 Å². The second-order valence-electron chi connectivity index (χ2n) is 4.21. The molecule has 4 heteroatoms. The molecule has 82 valence electrons. The SMILES string of the molecule is C[N+]1(CCOC(=O)CI)CCCCC1. The van der Waals surface area contributed by atoms with Crippen molar-refractivity contribution in [3.05, 3.63) is 0 Å². The maximum absolute atomic E-state index is 10.9. The molecular formula is C10H19INO2+. The van der Waals surface area contributed by atoms with Gasteiger partial charge in [0, 0.05) is 0 Å². The maximum Gasteiger partial charge on any atom is 0.315 e. The highest BCUT2D eigenvalue weighted by Gasteiger charge is 2.24. The average molecular weight is 312 g/mol. The van der Waals surface area contributed by atoms with Crippen LogP contribution in [0.2, 0.25) is 0 Å². The topological polar surface area (TPSA) is 26.3 Å². The molecule has 1 heterocycles. The van der Waals surface area contributed by atoms with E-state index in [1.165, 1.54) is 32.4 Å². The molecule has 0 N–H and O–H groups in total. The summed E-state index contributed by atoms with van der Waals surface area (Å²) in [4.78, 5) is 10.9. The fourth-order valence-electron chi connectivity index (χ4n) is 1.92. The van der Waals surface area contributed by atoms with E-state index in [1.54, 1.807) is 0 Å². The van der Waals surface area contributed by atoms with E-state index in [0.29, 0.717) is 11.0 Å². The van der Waals surface area contributed by atoms with Crippen LogP contribution in [0.5, 0.6) is 0 Å². The molecular weight excluding hydrogens is 293 g/mol. The highest BCUT2D eigenvalue weighted by atomic mass is 127. The number of carbonyl (C=O) groups is 1. The van der Waals surface area contributed by atoms with Gasteiger partial charge in [-0.15, -0.1) is 0 Å². The van der Waals surface area contributed by atoms with Crippen LogP contribution in [0.1, 0.15) is 19.3 Å². The van der Waals surface area contributed by atoms with Crippen molar-refractivity contribution < 1.29 is 14.0 Å². The summed E-state index contributed by atoms with van der Waals surface area (Å²) in [5.41, 5.74) is 0. The van der Waals surface area contributed by atoms with E-state index in [2.05, 4.69) is 7.05 Å². The van der Waals surface area contributed by atoms with Gasteiger partial charge in [0.05, 0.1) is 24.6 Å². The molecule has 0 aromatic carbocycles. The van der Waals surface area contributed by atoms with Crippen LogP contribution in [0, 0.1) is 0 Å². The predicted octanol–water partition coefficient (Wildman–Crippen LogP) is 1.60. The van der Waals surface area contributed by atoms with Gasteiger partial charge in [0.15, 0.2) is 0 Å². The zero-order chi connectivity index (χ0) is 10.4. The molecule has 0 aromatic heterocycles. The molecule has 0 radical (unpaired) electrons. The Hall–Kier alpha value is 0.160. The molecule has 0 atom stereocenters. The number of alkyl halides is 1. The first-order valence-corrected chi connectivity index (χ1v) is 6.74. The molecule has 1 fully saturated rings. The van der Waals surface area contributed by atoms with E-state index < -0.39 is 0 Å². The lowest BCUT2D eigenvalue weighted by atomic mass is 10.1. The van der Waals surface area contributed by atoms with Gasteiger partial charge >= 0.3 is 5.97 Å². The third-order valence-electron chi connectivity index (χ3n) is 2.90. The van der Waals surface area contributed by atoms with E-state index in [9.17, 15) is 4.79 Å². The van der Waals surface area contributed by atoms with E-state index in [-0.39, 0.29) is 5.97 Å². The Morgan fingerprint density at radius 3 is 2.57 bits per heavy atom. The third kappa shape index (κ3) is 4.13. The second-order valence-corrected chi connectivity index (χ2v) is 4.97. The Morgan fingerprint density at radius 2 is 2.00 bits per heavy atom. The smallest absolute Gasteiger partial charge is 0.315 e. The zero-order valence-corrected chi connectivity index (χ0v) is 11.0. The lowest BCUT2D eigenvalue weighted by Gasteiger charge is -2.37. The first kappa shape index (κ1) is 12.2. The molecule has 0 aliphatic carbocycles. The van der Waals surface area contributed by atoms with Crippen LogP contribution in [0.25, 0.3) is 0 Å². The summed E-state index contributed by atoms with van der Waals surface area (Å²) in [6, 6.07) is 0. The number of nitrogens with zero attached hydrogens (tertiary/aromatic N) is 1. The second kappa shape index (κ2) is 5.90. The van der Waals surface area contributed by atoms with Gasteiger partial charge in [-0.3, -0.25) is 4.79 Å². The van der Waals surface area contributed by atoms with Crippen molar-refractivity contribution in [3.8, 4) is 0 Å². The summed E-state index contributed by atoms with van der Waals surface area (Å²) >= 11 is 2.03. The minimum Gasteiger partial charge on any atom is -0.459 e. The lowest BCUT2D eigenvalue weighted by Crippen LogP contribution is -2.49. The number of likely N-dealkylation sites (tertiary alicyclic amines) is 1.